The fourth-order valence-electron chi connectivity index (χ4n) is 2.15. The van der Waals surface area contributed by atoms with E-state index in [1.165, 1.54) is 0 Å². The van der Waals surface area contributed by atoms with Gasteiger partial charge in [-0.1, -0.05) is 18.2 Å². The summed E-state index contributed by atoms with van der Waals surface area (Å²) in [5.74, 6) is 1.10. The van der Waals surface area contributed by atoms with Crippen molar-refractivity contribution in [1.29, 1.82) is 0 Å². The number of amides is 1. The second kappa shape index (κ2) is 8.41. The highest BCUT2D eigenvalue weighted by molar-refractivity contribution is 5.78. The molecule has 1 fully saturated rings. The Morgan fingerprint density at radius 1 is 1.36 bits per heavy atom. The number of hydrogen-bond donors (Lipinski definition) is 1. The third-order valence-corrected chi connectivity index (χ3v) is 3.35. The minimum Gasteiger partial charge on any atom is -0.493 e. The Labute approximate surface area is 130 Å². The molecule has 1 aromatic rings. The van der Waals surface area contributed by atoms with E-state index in [1.807, 2.05) is 24.3 Å². The molecule has 0 saturated carbocycles. The number of morpholine rings is 1. The third kappa shape index (κ3) is 4.47. The van der Waals surface area contributed by atoms with Crippen molar-refractivity contribution in [3.05, 3.63) is 29.8 Å². The second-order valence-corrected chi connectivity index (χ2v) is 4.83. The van der Waals surface area contributed by atoms with Gasteiger partial charge in [0, 0.05) is 19.6 Å². The van der Waals surface area contributed by atoms with Crippen LogP contribution in [0, 0.1) is 0 Å². The van der Waals surface area contributed by atoms with Crippen LogP contribution in [0.3, 0.4) is 0 Å². The van der Waals surface area contributed by atoms with Crippen molar-refractivity contribution in [2.24, 2.45) is 5.73 Å². The number of methoxy groups -OCH3 is 1. The minimum atomic E-state index is -0.0440. The van der Waals surface area contributed by atoms with E-state index in [9.17, 15) is 4.79 Å². The van der Waals surface area contributed by atoms with E-state index in [1.54, 1.807) is 18.1 Å². The number of ether oxygens (including phenoxy) is 3. The van der Waals surface area contributed by atoms with Crippen molar-refractivity contribution in [1.82, 2.24) is 4.90 Å². The van der Waals surface area contributed by atoms with Crippen LogP contribution < -0.4 is 15.2 Å². The maximum Gasteiger partial charge on any atom is 0.260 e. The van der Waals surface area contributed by atoms with Gasteiger partial charge in [-0.2, -0.15) is 0 Å². The molecule has 0 bridgehead atoms. The summed E-state index contributed by atoms with van der Waals surface area (Å²) in [5.41, 5.74) is 6.40. The first-order valence-electron chi connectivity index (χ1n) is 7.27. The predicted octanol–water partition coefficient (Wildman–Crippen LogP) is 0.905. The lowest BCUT2D eigenvalue weighted by molar-refractivity contribution is -0.137. The molecule has 1 saturated heterocycles. The van der Waals surface area contributed by atoms with Gasteiger partial charge < -0.3 is 24.8 Å². The first-order valence-corrected chi connectivity index (χ1v) is 7.27. The summed E-state index contributed by atoms with van der Waals surface area (Å²) in [6.07, 6.45) is 3.77. The molecule has 1 aromatic carbocycles. The topological polar surface area (TPSA) is 74.0 Å². The van der Waals surface area contributed by atoms with E-state index in [0.29, 0.717) is 44.3 Å². The van der Waals surface area contributed by atoms with Gasteiger partial charge in [0.25, 0.3) is 5.91 Å². The zero-order chi connectivity index (χ0) is 15.8. The van der Waals surface area contributed by atoms with Crippen LogP contribution in [0.1, 0.15) is 5.56 Å². The van der Waals surface area contributed by atoms with Gasteiger partial charge in [0.15, 0.2) is 18.1 Å². The van der Waals surface area contributed by atoms with Crippen molar-refractivity contribution in [2.45, 2.75) is 0 Å². The van der Waals surface area contributed by atoms with Gasteiger partial charge >= 0.3 is 0 Å². The Morgan fingerprint density at radius 2 is 2.14 bits per heavy atom. The highest BCUT2D eigenvalue weighted by atomic mass is 16.5. The fourth-order valence-corrected chi connectivity index (χ4v) is 2.15. The Hall–Kier alpha value is -2.05. The number of carbonyl (C=O) groups is 1. The van der Waals surface area contributed by atoms with Crippen molar-refractivity contribution in [2.75, 3.05) is 46.6 Å². The average Bonchev–Trinajstić information content (AvgIpc) is 2.58. The number of hydrogen-bond acceptors (Lipinski definition) is 5. The minimum absolute atomic E-state index is 0.00561. The van der Waals surface area contributed by atoms with Gasteiger partial charge in [0.05, 0.1) is 20.3 Å². The number of rotatable bonds is 6. The summed E-state index contributed by atoms with van der Waals surface area (Å²) >= 11 is 0. The Kier molecular flexibility index (Phi) is 6.24. The van der Waals surface area contributed by atoms with Crippen LogP contribution in [-0.2, 0) is 9.53 Å². The summed E-state index contributed by atoms with van der Waals surface area (Å²) in [6.45, 7) is 2.86. The van der Waals surface area contributed by atoms with Gasteiger partial charge in [-0.25, -0.2) is 0 Å². The second-order valence-electron chi connectivity index (χ2n) is 4.83. The van der Waals surface area contributed by atoms with Crippen LogP contribution in [0.5, 0.6) is 11.5 Å². The molecule has 0 spiro atoms. The lowest BCUT2D eigenvalue weighted by Crippen LogP contribution is -2.43. The molecule has 1 amide bonds. The Bertz CT molecular complexity index is 525. The van der Waals surface area contributed by atoms with Crippen molar-refractivity contribution < 1.29 is 19.0 Å². The van der Waals surface area contributed by atoms with Gasteiger partial charge in [-0.3, -0.25) is 4.79 Å². The predicted molar refractivity (Wildman–Crippen MR) is 84.0 cm³/mol. The standard InChI is InChI=1S/C16H22N2O4/c1-20-15-11-13(3-2-6-17)4-5-14(15)22-12-16(19)18-7-9-21-10-8-18/h2-5,11H,6-10,12,17H2,1H3. The largest absolute Gasteiger partial charge is 0.493 e. The maximum absolute atomic E-state index is 12.1. The molecule has 22 heavy (non-hydrogen) atoms. The molecule has 1 heterocycles. The van der Waals surface area contributed by atoms with E-state index < -0.39 is 0 Å². The molecule has 0 aliphatic carbocycles. The molecule has 2 rings (SSSR count). The van der Waals surface area contributed by atoms with Gasteiger partial charge in [-0.05, 0) is 17.7 Å². The van der Waals surface area contributed by atoms with Crippen molar-refractivity contribution in [3.63, 3.8) is 0 Å². The smallest absolute Gasteiger partial charge is 0.260 e. The van der Waals surface area contributed by atoms with Crippen LogP contribution in [0.4, 0.5) is 0 Å². The molecular weight excluding hydrogens is 284 g/mol. The van der Waals surface area contributed by atoms with E-state index in [4.69, 9.17) is 19.9 Å². The molecule has 0 unspecified atom stereocenters. The van der Waals surface area contributed by atoms with Crippen molar-refractivity contribution in [3.8, 4) is 11.5 Å². The summed E-state index contributed by atoms with van der Waals surface area (Å²) < 4.78 is 16.1. The molecule has 1 aliphatic rings. The first kappa shape index (κ1) is 16.3. The first-order chi connectivity index (χ1) is 10.7. The molecule has 6 nitrogen and oxygen atoms in total. The third-order valence-electron chi connectivity index (χ3n) is 3.35. The molecule has 0 aromatic heterocycles. The SMILES string of the molecule is COc1cc(C=CCN)ccc1OCC(=O)N1CCOCC1. The lowest BCUT2D eigenvalue weighted by atomic mass is 10.2. The van der Waals surface area contributed by atoms with E-state index in [2.05, 4.69) is 0 Å². The van der Waals surface area contributed by atoms with Crippen LogP contribution in [-0.4, -0.2) is 57.4 Å². The normalized spacial score (nSPS) is 15.1. The van der Waals surface area contributed by atoms with Crippen LogP contribution in [0.2, 0.25) is 0 Å². The van der Waals surface area contributed by atoms with E-state index in [0.717, 1.165) is 5.56 Å². The van der Waals surface area contributed by atoms with Crippen molar-refractivity contribution >= 4 is 12.0 Å². The molecular formula is C16H22N2O4. The molecule has 6 heteroatoms. The van der Waals surface area contributed by atoms with Crippen LogP contribution in [0.15, 0.2) is 24.3 Å². The maximum atomic E-state index is 12.1. The average molecular weight is 306 g/mol. The summed E-state index contributed by atoms with van der Waals surface area (Å²) in [4.78, 5) is 13.8. The number of carbonyl (C=O) groups excluding carboxylic acids is 1. The molecule has 1 aliphatic heterocycles. The van der Waals surface area contributed by atoms with Gasteiger partial charge in [0.1, 0.15) is 0 Å². The van der Waals surface area contributed by atoms with E-state index in [-0.39, 0.29) is 12.5 Å². The molecule has 0 atom stereocenters. The van der Waals surface area contributed by atoms with E-state index >= 15 is 0 Å². The van der Waals surface area contributed by atoms with Crippen LogP contribution in [0.25, 0.3) is 6.08 Å². The zero-order valence-corrected chi connectivity index (χ0v) is 12.8. The van der Waals surface area contributed by atoms with Gasteiger partial charge in [0.2, 0.25) is 0 Å². The Balaban J connectivity index is 1.96. The highest BCUT2D eigenvalue weighted by Crippen LogP contribution is 2.28. The summed E-state index contributed by atoms with van der Waals surface area (Å²) in [6, 6.07) is 5.53. The Morgan fingerprint density at radius 3 is 2.82 bits per heavy atom. The number of nitrogens with two attached hydrogens (primary N) is 1. The fraction of sp³-hybridized carbons (Fsp3) is 0.438. The molecule has 0 radical (unpaired) electrons. The quantitative estimate of drug-likeness (QED) is 0.845. The number of benzene rings is 1. The van der Waals surface area contributed by atoms with Crippen LogP contribution >= 0.6 is 0 Å². The zero-order valence-electron chi connectivity index (χ0n) is 12.8. The molecule has 120 valence electrons. The summed E-state index contributed by atoms with van der Waals surface area (Å²) in [5, 5.41) is 0. The molecule has 2 N–H and O–H groups in total. The number of nitrogens with zero attached hydrogens (tertiary/aromatic N) is 1. The summed E-state index contributed by atoms with van der Waals surface area (Å²) in [7, 11) is 1.57. The lowest BCUT2D eigenvalue weighted by Gasteiger charge is -2.26. The highest BCUT2D eigenvalue weighted by Gasteiger charge is 2.17. The monoisotopic (exact) mass is 306 g/mol. The van der Waals surface area contributed by atoms with Gasteiger partial charge in [-0.15, -0.1) is 0 Å².